The number of sulfone groups is 1. The zero-order valence-corrected chi connectivity index (χ0v) is 8.59. The molecule has 1 N–H and O–H groups in total. The van der Waals surface area contributed by atoms with E-state index < -0.39 is 9.84 Å². The minimum absolute atomic E-state index is 0.228. The molecule has 1 heterocycles. The molecule has 0 aromatic heterocycles. The fourth-order valence-corrected chi connectivity index (χ4v) is 2.70. The van der Waals surface area contributed by atoms with Crippen molar-refractivity contribution in [2.24, 2.45) is 0 Å². The van der Waals surface area contributed by atoms with Crippen molar-refractivity contribution >= 4 is 9.84 Å². The molecule has 0 saturated carbocycles. The van der Waals surface area contributed by atoms with Gasteiger partial charge in [-0.2, -0.15) is 0 Å². The van der Waals surface area contributed by atoms with Crippen molar-refractivity contribution in [1.29, 1.82) is 0 Å². The van der Waals surface area contributed by atoms with Crippen LogP contribution >= 0.6 is 0 Å². The highest BCUT2D eigenvalue weighted by Gasteiger charge is 2.20. The first kappa shape index (κ1) is 10.9. The van der Waals surface area contributed by atoms with Crippen molar-refractivity contribution in [1.82, 2.24) is 4.90 Å². The van der Waals surface area contributed by atoms with Gasteiger partial charge in [0.2, 0.25) is 0 Å². The van der Waals surface area contributed by atoms with Crippen LogP contribution < -0.4 is 0 Å². The first-order valence-electron chi connectivity index (χ1n) is 4.68. The third-order valence-corrected chi connectivity index (χ3v) is 3.93. The smallest absolute Gasteiger partial charge is 0.152 e. The van der Waals surface area contributed by atoms with E-state index in [1.165, 1.54) is 0 Å². The number of nitrogens with zero attached hydrogens (tertiary/aromatic N) is 1. The van der Waals surface area contributed by atoms with Gasteiger partial charge >= 0.3 is 0 Å². The highest BCUT2D eigenvalue weighted by Crippen LogP contribution is 2.04. The van der Waals surface area contributed by atoms with E-state index >= 15 is 0 Å². The van der Waals surface area contributed by atoms with Crippen LogP contribution in [0.15, 0.2) is 0 Å². The summed E-state index contributed by atoms with van der Waals surface area (Å²) in [7, 11) is -2.74. The summed E-state index contributed by atoms with van der Waals surface area (Å²) in [4.78, 5) is 2.15. The molecular weight excluding hydrogens is 190 g/mol. The Morgan fingerprint density at radius 1 is 1.15 bits per heavy atom. The van der Waals surface area contributed by atoms with Crippen LogP contribution in [-0.4, -0.2) is 56.2 Å². The molecule has 1 saturated heterocycles. The Hall–Kier alpha value is -0.130. The zero-order valence-electron chi connectivity index (χ0n) is 7.78. The number of unbranched alkanes of at least 4 members (excludes halogenated alkanes) is 1. The molecule has 0 atom stereocenters. The summed E-state index contributed by atoms with van der Waals surface area (Å²) in [6.07, 6.45) is 1.76. The number of hydrogen-bond acceptors (Lipinski definition) is 4. The maximum atomic E-state index is 11.1. The summed E-state index contributed by atoms with van der Waals surface area (Å²) >= 11 is 0. The van der Waals surface area contributed by atoms with E-state index in [4.69, 9.17) is 5.11 Å². The van der Waals surface area contributed by atoms with Crippen LogP contribution in [0.25, 0.3) is 0 Å². The molecule has 0 aromatic carbocycles. The lowest BCUT2D eigenvalue weighted by molar-refractivity contribution is 0.251. The van der Waals surface area contributed by atoms with Crippen LogP contribution in [-0.2, 0) is 9.84 Å². The molecule has 1 aliphatic heterocycles. The molecule has 0 spiro atoms. The minimum Gasteiger partial charge on any atom is -0.396 e. The van der Waals surface area contributed by atoms with Crippen molar-refractivity contribution in [2.45, 2.75) is 12.8 Å². The van der Waals surface area contributed by atoms with Gasteiger partial charge in [0.1, 0.15) is 0 Å². The summed E-state index contributed by atoms with van der Waals surface area (Å²) in [5, 5.41) is 8.56. The van der Waals surface area contributed by atoms with Crippen molar-refractivity contribution in [3.8, 4) is 0 Å². The molecule has 0 aliphatic carbocycles. The highest BCUT2D eigenvalue weighted by molar-refractivity contribution is 7.91. The van der Waals surface area contributed by atoms with E-state index in [0.717, 1.165) is 19.4 Å². The Morgan fingerprint density at radius 2 is 1.77 bits per heavy atom. The van der Waals surface area contributed by atoms with Crippen molar-refractivity contribution in [2.75, 3.05) is 37.7 Å². The van der Waals surface area contributed by atoms with Gasteiger partial charge in [-0.15, -0.1) is 0 Å². The molecule has 78 valence electrons. The topological polar surface area (TPSA) is 57.6 Å². The van der Waals surface area contributed by atoms with E-state index in [9.17, 15) is 8.42 Å². The maximum absolute atomic E-state index is 11.1. The third-order valence-electron chi connectivity index (χ3n) is 2.32. The Morgan fingerprint density at radius 3 is 2.31 bits per heavy atom. The normalized spacial score (nSPS) is 23.2. The fraction of sp³-hybridized carbons (Fsp3) is 1.00. The van der Waals surface area contributed by atoms with Crippen LogP contribution in [0.5, 0.6) is 0 Å². The molecule has 0 aromatic rings. The van der Waals surface area contributed by atoms with E-state index in [1.807, 2.05) is 0 Å². The number of aliphatic hydroxyl groups excluding tert-OH is 1. The van der Waals surface area contributed by atoms with Crippen LogP contribution in [0.1, 0.15) is 12.8 Å². The Kier molecular flexibility index (Phi) is 4.15. The third kappa shape index (κ3) is 4.06. The lowest BCUT2D eigenvalue weighted by Crippen LogP contribution is -2.40. The van der Waals surface area contributed by atoms with Crippen molar-refractivity contribution in [3.05, 3.63) is 0 Å². The monoisotopic (exact) mass is 207 g/mol. The standard InChI is InChI=1S/C8H17NO3S/c10-6-2-1-3-9-4-7-13(11,12)8-5-9/h10H,1-8H2. The molecule has 0 unspecified atom stereocenters. The average molecular weight is 207 g/mol. The van der Waals surface area contributed by atoms with Crippen LogP contribution in [0, 0.1) is 0 Å². The van der Waals surface area contributed by atoms with Gasteiger partial charge in [-0.25, -0.2) is 8.42 Å². The number of aliphatic hydroxyl groups is 1. The quantitative estimate of drug-likeness (QED) is 0.631. The second kappa shape index (κ2) is 4.93. The van der Waals surface area contributed by atoms with Gasteiger partial charge in [0, 0.05) is 19.7 Å². The predicted molar refractivity (Wildman–Crippen MR) is 51.4 cm³/mol. The molecular formula is C8H17NO3S. The number of hydrogen-bond donors (Lipinski definition) is 1. The van der Waals surface area contributed by atoms with Crippen LogP contribution in [0.2, 0.25) is 0 Å². The molecule has 0 bridgehead atoms. The second-order valence-electron chi connectivity index (χ2n) is 3.42. The van der Waals surface area contributed by atoms with Gasteiger partial charge in [0.25, 0.3) is 0 Å². The summed E-state index contributed by atoms with van der Waals surface area (Å²) in [5.41, 5.74) is 0. The van der Waals surface area contributed by atoms with E-state index in [1.54, 1.807) is 0 Å². The lowest BCUT2D eigenvalue weighted by atomic mass is 10.3. The summed E-state index contributed by atoms with van der Waals surface area (Å²) in [6.45, 7) is 2.46. The second-order valence-corrected chi connectivity index (χ2v) is 5.73. The molecule has 1 rings (SSSR count). The Balaban J connectivity index is 2.18. The number of rotatable bonds is 4. The maximum Gasteiger partial charge on any atom is 0.152 e. The largest absolute Gasteiger partial charge is 0.396 e. The van der Waals surface area contributed by atoms with Crippen molar-refractivity contribution in [3.63, 3.8) is 0 Å². The van der Waals surface area contributed by atoms with Gasteiger partial charge in [0.15, 0.2) is 9.84 Å². The van der Waals surface area contributed by atoms with Gasteiger partial charge in [-0.05, 0) is 19.4 Å². The average Bonchev–Trinajstić information content (AvgIpc) is 2.08. The van der Waals surface area contributed by atoms with Crippen molar-refractivity contribution < 1.29 is 13.5 Å². The SMILES string of the molecule is O=S1(=O)CCN(CCCCO)CC1. The van der Waals surface area contributed by atoms with Crippen LogP contribution in [0.3, 0.4) is 0 Å². The summed E-state index contributed by atoms with van der Waals surface area (Å²) in [6, 6.07) is 0. The minimum atomic E-state index is -2.74. The predicted octanol–water partition coefficient (Wildman–Crippen LogP) is -0.511. The molecule has 1 fully saturated rings. The fourth-order valence-electron chi connectivity index (χ4n) is 1.42. The Labute approximate surface area is 79.5 Å². The van der Waals surface area contributed by atoms with Crippen LogP contribution in [0.4, 0.5) is 0 Å². The Bertz CT molecular complexity index is 224. The summed E-state index contributed by atoms with van der Waals surface area (Å²) in [5.74, 6) is 0.595. The van der Waals surface area contributed by atoms with Gasteiger partial charge in [-0.3, -0.25) is 0 Å². The zero-order chi connectivity index (χ0) is 9.73. The summed E-state index contributed by atoms with van der Waals surface area (Å²) < 4.78 is 22.1. The van der Waals surface area contributed by atoms with E-state index in [2.05, 4.69) is 4.90 Å². The molecule has 0 radical (unpaired) electrons. The molecule has 1 aliphatic rings. The molecule has 13 heavy (non-hydrogen) atoms. The van der Waals surface area contributed by atoms with E-state index in [-0.39, 0.29) is 6.61 Å². The lowest BCUT2D eigenvalue weighted by Gasteiger charge is -2.26. The molecule has 0 amide bonds. The van der Waals surface area contributed by atoms with Gasteiger partial charge in [0.05, 0.1) is 11.5 Å². The van der Waals surface area contributed by atoms with Gasteiger partial charge < -0.3 is 10.0 Å². The van der Waals surface area contributed by atoms with E-state index in [0.29, 0.717) is 24.6 Å². The molecule has 5 heteroatoms. The molecule has 4 nitrogen and oxygen atoms in total. The first-order valence-corrected chi connectivity index (χ1v) is 6.50. The first-order chi connectivity index (χ1) is 6.14. The van der Waals surface area contributed by atoms with Gasteiger partial charge in [-0.1, -0.05) is 0 Å². The highest BCUT2D eigenvalue weighted by atomic mass is 32.2.